The molecule has 0 amide bonds. The Morgan fingerprint density at radius 1 is 0.920 bits per heavy atom. The molecule has 2 unspecified atom stereocenters. The van der Waals surface area contributed by atoms with Crippen molar-refractivity contribution in [1.29, 1.82) is 0 Å². The number of H-pyrrole nitrogens is 1. The third-order valence-electron chi connectivity index (χ3n) is 5.49. The Balaban J connectivity index is 1.78. The predicted octanol–water partition coefficient (Wildman–Crippen LogP) is 6.25. The zero-order chi connectivity index (χ0) is 17.7. The lowest BCUT2D eigenvalue weighted by Crippen LogP contribution is -2.40. The molecule has 0 spiro atoms. The third kappa shape index (κ3) is 7.46. The molecule has 2 heteroatoms. The maximum Gasteiger partial charge on any atom is 0.241 e. The Hall–Kier alpha value is -1.57. The van der Waals surface area contributed by atoms with Gasteiger partial charge in [0.15, 0.2) is 0 Å². The van der Waals surface area contributed by atoms with Crippen LogP contribution in [0.5, 0.6) is 0 Å². The highest BCUT2D eigenvalue weighted by Crippen LogP contribution is 2.24. The van der Waals surface area contributed by atoms with Crippen molar-refractivity contribution in [2.24, 2.45) is 5.92 Å². The van der Waals surface area contributed by atoms with Gasteiger partial charge in [0.05, 0.1) is 0 Å². The number of nitrogens with one attached hydrogen (secondary N) is 1. The summed E-state index contributed by atoms with van der Waals surface area (Å²) in [7, 11) is 0. The zero-order valence-corrected chi connectivity index (χ0v) is 16.3. The minimum Gasteiger partial charge on any atom is -0.250 e. The molecule has 1 N–H and O–H groups in total. The highest BCUT2D eigenvalue weighted by Gasteiger charge is 2.22. The van der Waals surface area contributed by atoms with E-state index >= 15 is 0 Å². The molecule has 2 atom stereocenters. The van der Waals surface area contributed by atoms with Crippen molar-refractivity contribution < 1.29 is 4.57 Å². The molecule has 0 bridgehead atoms. The van der Waals surface area contributed by atoms with Crippen molar-refractivity contribution >= 4 is 0 Å². The van der Waals surface area contributed by atoms with Crippen LogP contribution < -0.4 is 4.57 Å². The van der Waals surface area contributed by atoms with Gasteiger partial charge in [0.1, 0.15) is 18.4 Å². The number of aromatic nitrogens is 2. The largest absolute Gasteiger partial charge is 0.250 e. The Labute approximate surface area is 154 Å². The average Bonchev–Trinajstić information content (AvgIpc) is 3.18. The average molecular weight is 342 g/mol. The number of hydrogen-bond donors (Lipinski definition) is 1. The summed E-state index contributed by atoms with van der Waals surface area (Å²) in [5.74, 6) is 0.697. The number of unbranched alkanes of at least 4 members (excludes halogenated alkanes) is 7. The summed E-state index contributed by atoms with van der Waals surface area (Å²) in [4.78, 5) is 3.19. The van der Waals surface area contributed by atoms with Gasteiger partial charge in [-0.05, 0) is 25.3 Å². The lowest BCUT2D eigenvalue weighted by atomic mass is 9.88. The SMILES string of the molecule is CCCCCCCCCCC(Cc1ccccc1)C(C)[n+]1cc[nH]c1. The Morgan fingerprint density at radius 2 is 1.60 bits per heavy atom. The van der Waals surface area contributed by atoms with Gasteiger partial charge in [0.2, 0.25) is 6.33 Å². The maximum absolute atomic E-state index is 3.19. The lowest BCUT2D eigenvalue weighted by molar-refractivity contribution is -0.725. The molecule has 1 heterocycles. The summed E-state index contributed by atoms with van der Waals surface area (Å²) in [5.41, 5.74) is 1.47. The summed E-state index contributed by atoms with van der Waals surface area (Å²) in [5, 5.41) is 0. The standard InChI is InChI=1S/C23H36N2/c1-3-4-5-6-7-8-9-13-16-23(19-22-14-11-10-12-15-22)21(2)25-18-17-24-20-25/h10-12,14-15,17-18,20-21,23H,3-9,13,16,19H2,1-2H3/p+1. The second-order valence-electron chi connectivity index (χ2n) is 7.51. The van der Waals surface area contributed by atoms with Crippen LogP contribution in [0.3, 0.4) is 0 Å². The van der Waals surface area contributed by atoms with Crippen LogP contribution in [0, 0.1) is 5.92 Å². The van der Waals surface area contributed by atoms with Gasteiger partial charge >= 0.3 is 0 Å². The molecule has 1 aromatic carbocycles. The number of nitrogens with zero attached hydrogens (tertiary/aromatic N) is 1. The van der Waals surface area contributed by atoms with Crippen LogP contribution in [0.4, 0.5) is 0 Å². The van der Waals surface area contributed by atoms with Crippen LogP contribution in [-0.2, 0) is 6.42 Å². The van der Waals surface area contributed by atoms with Gasteiger partial charge < -0.3 is 0 Å². The molecule has 2 nitrogen and oxygen atoms in total. The molecule has 0 radical (unpaired) electrons. The highest BCUT2D eigenvalue weighted by atomic mass is 15.0. The molecule has 138 valence electrons. The van der Waals surface area contributed by atoms with E-state index in [-0.39, 0.29) is 0 Å². The van der Waals surface area contributed by atoms with Crippen LogP contribution >= 0.6 is 0 Å². The Bertz CT molecular complexity index is 532. The molecule has 0 saturated heterocycles. The van der Waals surface area contributed by atoms with Gasteiger partial charge in [-0.1, -0.05) is 88.6 Å². The summed E-state index contributed by atoms with van der Waals surface area (Å²) >= 11 is 0. The first-order valence-electron chi connectivity index (χ1n) is 10.4. The Kier molecular flexibility index (Phi) is 9.40. The molecule has 1 aromatic heterocycles. The molecule has 0 fully saturated rings. The molecule has 0 saturated carbocycles. The van der Waals surface area contributed by atoms with Gasteiger partial charge in [-0.3, -0.25) is 4.98 Å². The lowest BCUT2D eigenvalue weighted by Gasteiger charge is -2.22. The van der Waals surface area contributed by atoms with Crippen LogP contribution in [0.1, 0.15) is 83.2 Å². The van der Waals surface area contributed by atoms with E-state index < -0.39 is 0 Å². The van der Waals surface area contributed by atoms with E-state index in [9.17, 15) is 0 Å². The quantitative estimate of drug-likeness (QED) is 0.328. The number of aromatic amines is 1. The van der Waals surface area contributed by atoms with Crippen LogP contribution in [0.2, 0.25) is 0 Å². The van der Waals surface area contributed by atoms with E-state index in [0.717, 1.165) is 0 Å². The second-order valence-corrected chi connectivity index (χ2v) is 7.51. The van der Waals surface area contributed by atoms with E-state index in [1.807, 2.05) is 6.20 Å². The van der Waals surface area contributed by atoms with Crippen molar-refractivity contribution in [2.75, 3.05) is 0 Å². The van der Waals surface area contributed by atoms with E-state index in [0.29, 0.717) is 12.0 Å². The number of benzene rings is 1. The summed E-state index contributed by atoms with van der Waals surface area (Å²) in [6.45, 7) is 4.66. The minimum absolute atomic E-state index is 0.538. The third-order valence-corrected chi connectivity index (χ3v) is 5.49. The van der Waals surface area contributed by atoms with Gasteiger partial charge in [-0.15, -0.1) is 0 Å². The van der Waals surface area contributed by atoms with Gasteiger partial charge in [0.25, 0.3) is 0 Å². The first-order valence-corrected chi connectivity index (χ1v) is 10.4. The number of hydrogen-bond acceptors (Lipinski definition) is 0. The topological polar surface area (TPSA) is 19.7 Å². The molecule has 2 aromatic rings. The predicted molar refractivity (Wildman–Crippen MR) is 107 cm³/mol. The second kappa shape index (κ2) is 11.9. The van der Waals surface area contributed by atoms with E-state index in [1.54, 1.807) is 0 Å². The molecular weight excluding hydrogens is 304 g/mol. The van der Waals surface area contributed by atoms with Crippen molar-refractivity contribution in [3.8, 4) is 0 Å². The number of imidazole rings is 1. The molecular formula is C23H37N2+. The van der Waals surface area contributed by atoms with Crippen LogP contribution in [0.15, 0.2) is 49.1 Å². The molecule has 25 heavy (non-hydrogen) atoms. The van der Waals surface area contributed by atoms with Gasteiger partial charge in [0, 0.05) is 5.92 Å². The smallest absolute Gasteiger partial charge is 0.241 e. The fourth-order valence-electron chi connectivity index (χ4n) is 3.77. The Morgan fingerprint density at radius 3 is 2.24 bits per heavy atom. The molecule has 0 aliphatic carbocycles. The zero-order valence-electron chi connectivity index (χ0n) is 16.3. The number of rotatable bonds is 13. The first-order chi connectivity index (χ1) is 12.3. The van der Waals surface area contributed by atoms with Crippen LogP contribution in [0.25, 0.3) is 0 Å². The van der Waals surface area contributed by atoms with Crippen molar-refractivity contribution in [3.05, 3.63) is 54.6 Å². The monoisotopic (exact) mass is 341 g/mol. The van der Waals surface area contributed by atoms with Crippen molar-refractivity contribution in [3.63, 3.8) is 0 Å². The summed E-state index contributed by atoms with van der Waals surface area (Å²) in [6, 6.07) is 11.5. The molecule has 0 aliphatic heterocycles. The van der Waals surface area contributed by atoms with Crippen LogP contribution in [-0.4, -0.2) is 4.98 Å². The van der Waals surface area contributed by atoms with Gasteiger partial charge in [-0.25, -0.2) is 4.57 Å². The first kappa shape index (κ1) is 19.8. The highest BCUT2D eigenvalue weighted by molar-refractivity contribution is 5.15. The van der Waals surface area contributed by atoms with Crippen molar-refractivity contribution in [2.45, 2.75) is 84.1 Å². The summed E-state index contributed by atoms with van der Waals surface area (Å²) < 4.78 is 2.33. The molecule has 0 aliphatic rings. The molecule has 2 rings (SSSR count). The van der Waals surface area contributed by atoms with E-state index in [1.165, 1.54) is 69.8 Å². The fraction of sp³-hybridized carbons (Fsp3) is 0.609. The van der Waals surface area contributed by atoms with Gasteiger partial charge in [-0.2, -0.15) is 0 Å². The minimum atomic E-state index is 0.538. The fourth-order valence-corrected chi connectivity index (χ4v) is 3.77. The van der Waals surface area contributed by atoms with Crippen molar-refractivity contribution in [1.82, 2.24) is 4.98 Å². The maximum atomic E-state index is 3.19. The normalized spacial score (nSPS) is 13.7. The van der Waals surface area contributed by atoms with E-state index in [2.05, 4.69) is 66.3 Å². The summed E-state index contributed by atoms with van der Waals surface area (Å²) in [6.07, 6.45) is 20.0. The van der Waals surface area contributed by atoms with E-state index in [4.69, 9.17) is 0 Å².